The second-order valence-corrected chi connectivity index (χ2v) is 3.44. The van der Waals surface area contributed by atoms with Gasteiger partial charge in [-0.1, -0.05) is 18.2 Å². The molecule has 1 aliphatic rings. The molecule has 1 heterocycles. The van der Waals surface area contributed by atoms with E-state index in [0.29, 0.717) is 6.04 Å². The highest BCUT2D eigenvalue weighted by Gasteiger charge is 2.13. The molecule has 0 aliphatic carbocycles. The molecular formula is C11H18N2O. The van der Waals surface area contributed by atoms with E-state index < -0.39 is 0 Å². The molecule has 14 heavy (non-hydrogen) atoms. The van der Waals surface area contributed by atoms with Crippen LogP contribution in [0.1, 0.15) is 19.8 Å². The van der Waals surface area contributed by atoms with Gasteiger partial charge in [-0.05, 0) is 26.3 Å². The molecule has 0 aromatic carbocycles. The summed E-state index contributed by atoms with van der Waals surface area (Å²) >= 11 is 0. The van der Waals surface area contributed by atoms with E-state index in [1.54, 1.807) is 12.2 Å². The molecule has 0 spiro atoms. The minimum atomic E-state index is -0.00296. The van der Waals surface area contributed by atoms with E-state index in [0.717, 1.165) is 25.9 Å². The maximum atomic E-state index is 11.3. The summed E-state index contributed by atoms with van der Waals surface area (Å²) in [4.78, 5) is 11.3. The lowest BCUT2D eigenvalue weighted by molar-refractivity contribution is -0.117. The lowest BCUT2D eigenvalue weighted by Gasteiger charge is -2.23. The molecular weight excluding hydrogens is 176 g/mol. The first kappa shape index (κ1) is 11.0. The summed E-state index contributed by atoms with van der Waals surface area (Å²) in [5.74, 6) is -0.00296. The van der Waals surface area contributed by atoms with Crippen LogP contribution in [0.3, 0.4) is 0 Å². The number of allylic oxidation sites excluding steroid dienone is 3. The van der Waals surface area contributed by atoms with E-state index >= 15 is 0 Å². The van der Waals surface area contributed by atoms with Crippen LogP contribution >= 0.6 is 0 Å². The molecule has 0 saturated carbocycles. The lowest BCUT2D eigenvalue weighted by Crippen LogP contribution is -2.45. The Morgan fingerprint density at radius 1 is 1.50 bits per heavy atom. The van der Waals surface area contributed by atoms with Gasteiger partial charge in [0.2, 0.25) is 5.91 Å². The van der Waals surface area contributed by atoms with Crippen LogP contribution in [0.5, 0.6) is 0 Å². The molecule has 0 bridgehead atoms. The van der Waals surface area contributed by atoms with Crippen molar-refractivity contribution in [2.45, 2.75) is 25.8 Å². The Labute approximate surface area is 85.3 Å². The Balaban J connectivity index is 2.25. The molecule has 1 aliphatic heterocycles. The van der Waals surface area contributed by atoms with Crippen molar-refractivity contribution in [1.29, 1.82) is 0 Å². The van der Waals surface area contributed by atoms with E-state index in [2.05, 4.69) is 10.6 Å². The second-order valence-electron chi connectivity index (χ2n) is 3.44. The van der Waals surface area contributed by atoms with E-state index in [1.165, 1.54) is 0 Å². The molecule has 1 atom stereocenters. The minimum absolute atomic E-state index is 0.00296. The van der Waals surface area contributed by atoms with Crippen LogP contribution in [0.4, 0.5) is 0 Å². The van der Waals surface area contributed by atoms with Crippen molar-refractivity contribution < 1.29 is 4.79 Å². The standard InChI is InChI=1S/C11H18N2O/c1-2-3-4-7-11(14)13-10-6-5-8-12-9-10/h2-4,7,10,12H,5-6,8-9H2,1H3,(H,13,14). The number of hydrogen-bond acceptors (Lipinski definition) is 2. The average Bonchev–Trinajstić information content (AvgIpc) is 2.20. The van der Waals surface area contributed by atoms with Gasteiger partial charge >= 0.3 is 0 Å². The highest BCUT2D eigenvalue weighted by Crippen LogP contribution is 2.00. The number of piperidine rings is 1. The van der Waals surface area contributed by atoms with Crippen molar-refractivity contribution in [3.63, 3.8) is 0 Å². The normalized spacial score (nSPS) is 23.1. The van der Waals surface area contributed by atoms with Crippen LogP contribution in [0.2, 0.25) is 0 Å². The first-order valence-corrected chi connectivity index (χ1v) is 5.13. The summed E-state index contributed by atoms with van der Waals surface area (Å²) in [5.41, 5.74) is 0. The van der Waals surface area contributed by atoms with E-state index in [1.807, 2.05) is 19.1 Å². The largest absolute Gasteiger partial charge is 0.349 e. The molecule has 0 aromatic heterocycles. The molecule has 1 fully saturated rings. The van der Waals surface area contributed by atoms with Gasteiger partial charge < -0.3 is 10.6 Å². The number of carbonyl (C=O) groups excluding carboxylic acids is 1. The van der Waals surface area contributed by atoms with Gasteiger partial charge in [-0.15, -0.1) is 0 Å². The molecule has 2 N–H and O–H groups in total. The molecule has 0 radical (unpaired) electrons. The number of hydrogen-bond donors (Lipinski definition) is 2. The van der Waals surface area contributed by atoms with Crippen LogP contribution < -0.4 is 10.6 Å². The number of nitrogens with one attached hydrogen (secondary N) is 2. The van der Waals surface area contributed by atoms with Gasteiger partial charge in [0.05, 0.1) is 0 Å². The Morgan fingerprint density at radius 2 is 2.36 bits per heavy atom. The van der Waals surface area contributed by atoms with Gasteiger partial charge in [-0.2, -0.15) is 0 Å². The van der Waals surface area contributed by atoms with Gasteiger partial charge in [0.1, 0.15) is 0 Å². The summed E-state index contributed by atoms with van der Waals surface area (Å²) in [6.45, 7) is 3.89. The third-order valence-corrected chi connectivity index (χ3v) is 2.19. The zero-order chi connectivity index (χ0) is 10.2. The minimum Gasteiger partial charge on any atom is -0.349 e. The van der Waals surface area contributed by atoms with Gasteiger partial charge in [0, 0.05) is 18.7 Å². The highest BCUT2D eigenvalue weighted by molar-refractivity contribution is 5.87. The fourth-order valence-corrected chi connectivity index (χ4v) is 1.48. The third kappa shape index (κ3) is 4.23. The first-order valence-electron chi connectivity index (χ1n) is 5.13. The molecule has 3 nitrogen and oxygen atoms in total. The smallest absolute Gasteiger partial charge is 0.244 e. The summed E-state index contributed by atoms with van der Waals surface area (Å²) in [6.07, 6.45) is 9.28. The van der Waals surface area contributed by atoms with Crippen LogP contribution in [0.15, 0.2) is 24.3 Å². The lowest BCUT2D eigenvalue weighted by atomic mass is 10.1. The van der Waals surface area contributed by atoms with Crippen LogP contribution in [-0.2, 0) is 4.79 Å². The van der Waals surface area contributed by atoms with Crippen molar-refractivity contribution in [1.82, 2.24) is 10.6 Å². The summed E-state index contributed by atoms with van der Waals surface area (Å²) < 4.78 is 0. The van der Waals surface area contributed by atoms with Gasteiger partial charge in [-0.3, -0.25) is 4.79 Å². The fraction of sp³-hybridized carbons (Fsp3) is 0.545. The third-order valence-electron chi connectivity index (χ3n) is 2.19. The predicted octanol–water partition coefficient (Wildman–Crippen LogP) is 0.987. The van der Waals surface area contributed by atoms with Crippen molar-refractivity contribution in [3.8, 4) is 0 Å². The van der Waals surface area contributed by atoms with Crippen molar-refractivity contribution >= 4 is 5.91 Å². The SMILES string of the molecule is CC=CC=CC(=O)NC1CCCNC1. The molecule has 78 valence electrons. The zero-order valence-electron chi connectivity index (χ0n) is 8.62. The van der Waals surface area contributed by atoms with Crippen LogP contribution in [0.25, 0.3) is 0 Å². The quantitative estimate of drug-likeness (QED) is 0.519. The zero-order valence-corrected chi connectivity index (χ0v) is 8.62. The summed E-state index contributed by atoms with van der Waals surface area (Å²) in [7, 11) is 0. The molecule has 1 rings (SSSR count). The van der Waals surface area contributed by atoms with Crippen LogP contribution in [-0.4, -0.2) is 25.0 Å². The number of carbonyl (C=O) groups is 1. The topological polar surface area (TPSA) is 41.1 Å². The Bertz CT molecular complexity index is 227. The second kappa shape index (κ2) is 6.38. The molecule has 0 aromatic rings. The van der Waals surface area contributed by atoms with Crippen molar-refractivity contribution in [2.75, 3.05) is 13.1 Å². The average molecular weight is 194 g/mol. The van der Waals surface area contributed by atoms with Crippen LogP contribution in [0, 0.1) is 0 Å². The number of rotatable bonds is 3. The Kier molecular flexibility index (Phi) is 5.00. The van der Waals surface area contributed by atoms with Gasteiger partial charge in [0.15, 0.2) is 0 Å². The Morgan fingerprint density at radius 3 is 3.00 bits per heavy atom. The monoisotopic (exact) mass is 194 g/mol. The Hall–Kier alpha value is -1.09. The first-order chi connectivity index (χ1) is 6.83. The van der Waals surface area contributed by atoms with E-state index in [4.69, 9.17) is 0 Å². The maximum absolute atomic E-state index is 11.3. The maximum Gasteiger partial charge on any atom is 0.244 e. The summed E-state index contributed by atoms with van der Waals surface area (Å²) in [6, 6.07) is 0.298. The van der Waals surface area contributed by atoms with Crippen molar-refractivity contribution in [3.05, 3.63) is 24.3 Å². The van der Waals surface area contributed by atoms with E-state index in [-0.39, 0.29) is 5.91 Å². The van der Waals surface area contributed by atoms with Gasteiger partial charge in [-0.25, -0.2) is 0 Å². The summed E-state index contributed by atoms with van der Waals surface area (Å²) in [5, 5.41) is 6.21. The number of amides is 1. The predicted molar refractivity (Wildman–Crippen MR) is 58.0 cm³/mol. The highest BCUT2D eigenvalue weighted by atomic mass is 16.1. The van der Waals surface area contributed by atoms with Gasteiger partial charge in [0.25, 0.3) is 0 Å². The molecule has 1 saturated heterocycles. The van der Waals surface area contributed by atoms with E-state index in [9.17, 15) is 4.79 Å². The van der Waals surface area contributed by atoms with Crippen molar-refractivity contribution in [2.24, 2.45) is 0 Å². The molecule has 1 amide bonds. The fourth-order valence-electron chi connectivity index (χ4n) is 1.48. The molecule has 1 unspecified atom stereocenters. The molecule has 3 heteroatoms.